The molecule has 1 aliphatic heterocycles. The molecule has 0 spiro atoms. The van der Waals surface area contributed by atoms with Crippen LogP contribution in [0.5, 0.6) is 0 Å². The van der Waals surface area contributed by atoms with E-state index in [-0.39, 0.29) is 29.6 Å². The van der Waals surface area contributed by atoms with Crippen LogP contribution in [0.25, 0.3) is 10.9 Å². The molecule has 4 rings (SSSR count). The quantitative estimate of drug-likeness (QED) is 0.328. The van der Waals surface area contributed by atoms with Crippen LogP contribution >= 0.6 is 0 Å². The number of hydrogen-bond donors (Lipinski definition) is 3. The van der Waals surface area contributed by atoms with Gasteiger partial charge in [-0.3, -0.25) is 9.59 Å². The van der Waals surface area contributed by atoms with E-state index in [0.717, 1.165) is 28.6 Å². The van der Waals surface area contributed by atoms with Crippen LogP contribution in [-0.2, 0) is 11.2 Å². The van der Waals surface area contributed by atoms with Gasteiger partial charge in [0.2, 0.25) is 5.91 Å². The van der Waals surface area contributed by atoms with Crippen LogP contribution in [0.2, 0.25) is 0 Å². The second kappa shape index (κ2) is 11.3. The van der Waals surface area contributed by atoms with Crippen molar-refractivity contribution in [2.75, 3.05) is 18.1 Å². The maximum atomic E-state index is 13.7. The average Bonchev–Trinajstić information content (AvgIpc) is 3.29. The van der Waals surface area contributed by atoms with Crippen molar-refractivity contribution in [3.63, 3.8) is 0 Å². The number of carbonyl (C=O) groups is 2. The average molecular weight is 518 g/mol. The second-order valence-electron chi connectivity index (χ2n) is 12.4. The zero-order chi connectivity index (χ0) is 27.6. The van der Waals surface area contributed by atoms with E-state index >= 15 is 0 Å². The predicted octanol–water partition coefficient (Wildman–Crippen LogP) is 5.84. The summed E-state index contributed by atoms with van der Waals surface area (Å²) >= 11 is 0. The summed E-state index contributed by atoms with van der Waals surface area (Å²) in [5.41, 5.74) is 4.63. The lowest BCUT2D eigenvalue weighted by Gasteiger charge is -2.36. The SMILES string of the molecule is CC(CCN1c2ccc(C(=O)CC(C)(C)C)c3[nH]cc(c23)C[C@@H](CO)NC(=O)[C@@H]1C(C)C)c1ccccc1. The first kappa shape index (κ1) is 27.9. The van der Waals surface area contributed by atoms with Gasteiger partial charge in [-0.15, -0.1) is 0 Å². The number of anilines is 1. The number of nitrogens with zero attached hydrogens (tertiary/aromatic N) is 1. The molecule has 2 heterocycles. The van der Waals surface area contributed by atoms with Crippen LogP contribution in [0.15, 0.2) is 48.7 Å². The Morgan fingerprint density at radius 2 is 1.82 bits per heavy atom. The molecule has 0 radical (unpaired) electrons. The Hall–Kier alpha value is -3.12. The topological polar surface area (TPSA) is 85.4 Å². The highest BCUT2D eigenvalue weighted by Gasteiger charge is 2.35. The third-order valence-corrected chi connectivity index (χ3v) is 7.64. The predicted molar refractivity (Wildman–Crippen MR) is 155 cm³/mol. The van der Waals surface area contributed by atoms with Crippen LogP contribution in [-0.4, -0.2) is 47.0 Å². The summed E-state index contributed by atoms with van der Waals surface area (Å²) in [5.74, 6) is 0.398. The number of amides is 1. The lowest BCUT2D eigenvalue weighted by molar-refractivity contribution is -0.124. The molecule has 1 unspecified atom stereocenters. The highest BCUT2D eigenvalue weighted by Crippen LogP contribution is 2.38. The second-order valence-corrected chi connectivity index (χ2v) is 12.4. The van der Waals surface area contributed by atoms with Gasteiger partial charge in [0.1, 0.15) is 6.04 Å². The van der Waals surface area contributed by atoms with Crippen LogP contribution in [0.3, 0.4) is 0 Å². The van der Waals surface area contributed by atoms with Crippen molar-refractivity contribution < 1.29 is 14.7 Å². The number of H-pyrrole nitrogens is 1. The Morgan fingerprint density at radius 3 is 2.45 bits per heavy atom. The summed E-state index contributed by atoms with van der Waals surface area (Å²) in [6, 6.07) is 13.6. The molecule has 3 aromatic rings. The fourth-order valence-corrected chi connectivity index (χ4v) is 5.72. The van der Waals surface area contributed by atoms with E-state index in [1.165, 1.54) is 5.56 Å². The van der Waals surface area contributed by atoms with Gasteiger partial charge in [-0.1, -0.05) is 71.9 Å². The largest absolute Gasteiger partial charge is 0.394 e. The summed E-state index contributed by atoms with van der Waals surface area (Å²) in [6.07, 6.45) is 3.75. The Labute approximate surface area is 226 Å². The zero-order valence-corrected chi connectivity index (χ0v) is 23.7. The number of aromatic amines is 1. The molecule has 1 aliphatic rings. The molecule has 38 heavy (non-hydrogen) atoms. The molecule has 0 saturated carbocycles. The summed E-state index contributed by atoms with van der Waals surface area (Å²) in [7, 11) is 0. The van der Waals surface area contributed by atoms with Crippen LogP contribution in [0.4, 0.5) is 5.69 Å². The minimum Gasteiger partial charge on any atom is -0.394 e. The maximum Gasteiger partial charge on any atom is 0.243 e. The maximum absolute atomic E-state index is 13.7. The summed E-state index contributed by atoms with van der Waals surface area (Å²) in [4.78, 5) is 32.7. The lowest BCUT2D eigenvalue weighted by atomic mass is 9.87. The third kappa shape index (κ3) is 5.96. The van der Waals surface area contributed by atoms with Gasteiger partial charge in [-0.25, -0.2) is 0 Å². The van der Waals surface area contributed by atoms with Gasteiger partial charge in [0.15, 0.2) is 5.78 Å². The Kier molecular flexibility index (Phi) is 8.31. The summed E-state index contributed by atoms with van der Waals surface area (Å²) in [6.45, 7) is 13.1. The molecule has 0 fully saturated rings. The molecule has 0 saturated heterocycles. The lowest BCUT2D eigenvalue weighted by Crippen LogP contribution is -2.53. The van der Waals surface area contributed by atoms with E-state index in [0.29, 0.717) is 30.9 Å². The van der Waals surface area contributed by atoms with Crippen molar-refractivity contribution >= 4 is 28.3 Å². The van der Waals surface area contributed by atoms with E-state index in [1.54, 1.807) is 0 Å². The number of rotatable bonds is 8. The molecule has 3 N–H and O–H groups in total. The molecule has 6 heteroatoms. The van der Waals surface area contributed by atoms with Gasteiger partial charge < -0.3 is 20.3 Å². The minimum absolute atomic E-state index is 0.0408. The molecular formula is C32H43N3O3. The number of benzene rings is 2. The molecule has 1 aromatic heterocycles. The van der Waals surface area contributed by atoms with Gasteiger partial charge >= 0.3 is 0 Å². The molecule has 3 atom stereocenters. The molecule has 204 valence electrons. The number of hydrogen-bond acceptors (Lipinski definition) is 4. The van der Waals surface area contributed by atoms with Crippen LogP contribution in [0.1, 0.15) is 81.8 Å². The van der Waals surface area contributed by atoms with Gasteiger partial charge in [0.25, 0.3) is 0 Å². The first-order chi connectivity index (χ1) is 18.0. The number of nitrogens with one attached hydrogen (secondary N) is 2. The molecule has 0 bridgehead atoms. The van der Waals surface area contributed by atoms with E-state index in [9.17, 15) is 14.7 Å². The van der Waals surface area contributed by atoms with Crippen molar-refractivity contribution in [3.05, 3.63) is 65.4 Å². The Morgan fingerprint density at radius 1 is 1.11 bits per heavy atom. The van der Waals surface area contributed by atoms with Crippen molar-refractivity contribution in [1.29, 1.82) is 0 Å². The highest BCUT2D eigenvalue weighted by atomic mass is 16.3. The van der Waals surface area contributed by atoms with Crippen molar-refractivity contribution in [1.82, 2.24) is 10.3 Å². The summed E-state index contributed by atoms with van der Waals surface area (Å²) < 4.78 is 0. The third-order valence-electron chi connectivity index (χ3n) is 7.64. The number of aliphatic hydroxyl groups excluding tert-OH is 1. The van der Waals surface area contributed by atoms with Crippen molar-refractivity contribution in [2.24, 2.45) is 11.3 Å². The monoisotopic (exact) mass is 517 g/mol. The van der Waals surface area contributed by atoms with Gasteiger partial charge in [0, 0.05) is 35.8 Å². The highest BCUT2D eigenvalue weighted by molar-refractivity contribution is 6.11. The number of aliphatic hydroxyl groups is 1. The molecule has 0 aliphatic carbocycles. The van der Waals surface area contributed by atoms with E-state index in [4.69, 9.17) is 0 Å². The standard InChI is InChI=1S/C32H43N3O3/c1-20(2)30-31(38)34-24(19-36)16-23-18-33-29-25(27(37)17-32(4,5)6)12-13-26(28(23)29)35(30)15-14-21(3)22-10-8-7-9-11-22/h7-13,18,20-21,24,30,33,36H,14-17,19H2,1-6H3,(H,34,38)/t21?,24-,30-/m0/s1. The normalized spacial score (nSPS) is 19.2. The van der Waals surface area contributed by atoms with Gasteiger partial charge in [0.05, 0.1) is 18.2 Å². The zero-order valence-electron chi connectivity index (χ0n) is 23.7. The number of carbonyl (C=O) groups excluding carboxylic acids is 2. The van der Waals surface area contributed by atoms with Gasteiger partial charge in [-0.05, 0) is 53.4 Å². The molecule has 6 nitrogen and oxygen atoms in total. The minimum atomic E-state index is -0.410. The summed E-state index contributed by atoms with van der Waals surface area (Å²) in [5, 5.41) is 14.2. The fourth-order valence-electron chi connectivity index (χ4n) is 5.72. The van der Waals surface area contributed by atoms with E-state index in [2.05, 4.69) is 81.0 Å². The molecule has 2 aromatic carbocycles. The van der Waals surface area contributed by atoms with Crippen molar-refractivity contribution in [3.8, 4) is 0 Å². The van der Waals surface area contributed by atoms with Gasteiger partial charge in [-0.2, -0.15) is 0 Å². The molecule has 1 amide bonds. The smallest absolute Gasteiger partial charge is 0.243 e. The Bertz CT molecular complexity index is 1270. The van der Waals surface area contributed by atoms with Crippen molar-refractivity contribution in [2.45, 2.75) is 78.8 Å². The Balaban J connectivity index is 1.84. The van der Waals surface area contributed by atoms with E-state index in [1.807, 2.05) is 24.4 Å². The van der Waals surface area contributed by atoms with E-state index < -0.39 is 12.1 Å². The molecular weight excluding hydrogens is 474 g/mol. The first-order valence-corrected chi connectivity index (χ1v) is 13.9. The number of Topliss-reactive ketones (excluding diaryl/α,β-unsaturated/α-hetero) is 1. The fraction of sp³-hybridized carbons (Fsp3) is 0.500. The van der Waals surface area contributed by atoms with Crippen LogP contribution in [0, 0.1) is 11.3 Å². The number of aromatic nitrogens is 1. The van der Waals surface area contributed by atoms with Crippen LogP contribution < -0.4 is 10.2 Å². The number of ketones is 1. The first-order valence-electron chi connectivity index (χ1n) is 13.9.